The Labute approximate surface area is 163 Å². The average molecular weight is 384 g/mol. The van der Waals surface area contributed by atoms with Gasteiger partial charge in [-0.25, -0.2) is 0 Å². The second-order valence-electron chi connectivity index (χ2n) is 6.15. The summed E-state index contributed by atoms with van der Waals surface area (Å²) < 4.78 is 0.813. The number of benzene rings is 1. The number of rotatable bonds is 5. The largest absolute Gasteiger partial charge is 0.404 e. The number of hydrogen-bond donors (Lipinski definition) is 1. The van der Waals surface area contributed by atoms with E-state index in [1.165, 1.54) is 16.0 Å². The van der Waals surface area contributed by atoms with Crippen molar-refractivity contribution >= 4 is 34.7 Å². The molecular formula is C21H22ClN3S. The number of aliphatic imine (C=N–C) groups is 1. The molecule has 0 radical (unpaired) electrons. The molecule has 1 aromatic heterocycles. The van der Waals surface area contributed by atoms with Gasteiger partial charge in [-0.15, -0.1) is 11.3 Å². The molecule has 2 heterocycles. The van der Waals surface area contributed by atoms with Crippen LogP contribution >= 0.6 is 22.9 Å². The van der Waals surface area contributed by atoms with Crippen molar-refractivity contribution < 1.29 is 0 Å². The minimum atomic E-state index is 0.176. The smallest absolute Gasteiger partial charge is 0.0934 e. The molecule has 1 aliphatic heterocycles. The van der Waals surface area contributed by atoms with Crippen LogP contribution in [0.5, 0.6) is 0 Å². The molecule has 26 heavy (non-hydrogen) atoms. The fourth-order valence-electron chi connectivity index (χ4n) is 3.40. The van der Waals surface area contributed by atoms with E-state index in [-0.39, 0.29) is 5.92 Å². The van der Waals surface area contributed by atoms with E-state index in [0.717, 1.165) is 34.3 Å². The molecule has 0 bridgehead atoms. The summed E-state index contributed by atoms with van der Waals surface area (Å²) in [6.45, 7) is 9.64. The summed E-state index contributed by atoms with van der Waals surface area (Å²) in [6.07, 6.45) is 5.21. The van der Waals surface area contributed by atoms with Gasteiger partial charge in [0.1, 0.15) is 0 Å². The summed E-state index contributed by atoms with van der Waals surface area (Å²) in [6, 6.07) is 10.4. The van der Waals surface area contributed by atoms with Crippen molar-refractivity contribution in [3.05, 3.63) is 87.4 Å². The maximum atomic E-state index is 6.35. The van der Waals surface area contributed by atoms with Crippen molar-refractivity contribution in [2.75, 3.05) is 13.6 Å². The van der Waals surface area contributed by atoms with Gasteiger partial charge in [0.15, 0.2) is 0 Å². The Morgan fingerprint density at radius 2 is 2.15 bits per heavy atom. The van der Waals surface area contributed by atoms with Crippen LogP contribution in [0.25, 0.3) is 5.57 Å². The molecule has 1 unspecified atom stereocenters. The Morgan fingerprint density at radius 1 is 1.38 bits per heavy atom. The van der Waals surface area contributed by atoms with Crippen molar-refractivity contribution in [3.63, 3.8) is 0 Å². The molecule has 1 aromatic carbocycles. The van der Waals surface area contributed by atoms with Gasteiger partial charge in [-0.1, -0.05) is 49.0 Å². The number of nitrogens with two attached hydrogens (primary N) is 1. The van der Waals surface area contributed by atoms with Gasteiger partial charge in [0, 0.05) is 48.1 Å². The summed E-state index contributed by atoms with van der Waals surface area (Å²) in [7, 11) is 1.75. The zero-order chi connectivity index (χ0) is 18.7. The SMILES string of the molecule is C=CC(=C)N1Cc2sc(Cl)cc2C(c2ccccc2/C(C=NC)=C/N)C1. The Balaban J connectivity index is 2.13. The number of nitrogens with zero attached hydrogens (tertiary/aromatic N) is 2. The lowest BCUT2D eigenvalue weighted by molar-refractivity contribution is 0.319. The molecule has 3 rings (SSSR count). The van der Waals surface area contributed by atoms with Gasteiger partial charge in [0.05, 0.1) is 10.9 Å². The molecule has 134 valence electrons. The molecule has 0 amide bonds. The minimum absolute atomic E-state index is 0.176. The molecule has 0 saturated carbocycles. The molecule has 0 aliphatic carbocycles. The van der Waals surface area contributed by atoms with Crippen LogP contribution < -0.4 is 5.73 Å². The number of hydrogen-bond acceptors (Lipinski definition) is 4. The van der Waals surface area contributed by atoms with Gasteiger partial charge in [0.25, 0.3) is 0 Å². The number of halogens is 1. The highest BCUT2D eigenvalue weighted by molar-refractivity contribution is 7.16. The highest BCUT2D eigenvalue weighted by Crippen LogP contribution is 2.42. The molecule has 5 heteroatoms. The van der Waals surface area contributed by atoms with E-state index in [0.29, 0.717) is 0 Å². The van der Waals surface area contributed by atoms with Crippen LogP contribution in [0, 0.1) is 0 Å². The third-order valence-corrected chi connectivity index (χ3v) is 5.93. The summed E-state index contributed by atoms with van der Waals surface area (Å²) in [5, 5.41) is 0. The first-order chi connectivity index (χ1) is 12.6. The van der Waals surface area contributed by atoms with Gasteiger partial charge >= 0.3 is 0 Å². The molecular weight excluding hydrogens is 362 g/mol. The molecule has 2 aromatic rings. The molecule has 1 atom stereocenters. The topological polar surface area (TPSA) is 41.6 Å². The Hall–Kier alpha value is -2.30. The van der Waals surface area contributed by atoms with Crippen molar-refractivity contribution in [1.29, 1.82) is 0 Å². The second kappa shape index (κ2) is 7.94. The number of fused-ring (bicyclic) bond motifs is 1. The van der Waals surface area contributed by atoms with Crippen LogP contribution in [0.2, 0.25) is 4.34 Å². The Morgan fingerprint density at radius 3 is 2.85 bits per heavy atom. The normalized spacial score (nSPS) is 17.4. The Kier molecular flexibility index (Phi) is 5.64. The molecule has 1 aliphatic rings. The predicted molar refractivity (Wildman–Crippen MR) is 114 cm³/mol. The van der Waals surface area contributed by atoms with Crippen molar-refractivity contribution in [3.8, 4) is 0 Å². The number of allylic oxidation sites excluding steroid dienone is 2. The second-order valence-corrected chi connectivity index (χ2v) is 7.92. The van der Waals surface area contributed by atoms with Gasteiger partial charge in [-0.3, -0.25) is 4.99 Å². The lowest BCUT2D eigenvalue weighted by Crippen LogP contribution is -2.32. The van der Waals surface area contributed by atoms with Crippen LogP contribution in [0.1, 0.15) is 27.5 Å². The van der Waals surface area contributed by atoms with Crippen LogP contribution in [0.4, 0.5) is 0 Å². The molecule has 2 N–H and O–H groups in total. The summed E-state index contributed by atoms with van der Waals surface area (Å²) in [5.74, 6) is 0.176. The zero-order valence-corrected chi connectivity index (χ0v) is 16.4. The zero-order valence-electron chi connectivity index (χ0n) is 14.8. The van der Waals surface area contributed by atoms with Gasteiger partial charge in [0.2, 0.25) is 0 Å². The van der Waals surface area contributed by atoms with Crippen molar-refractivity contribution in [2.45, 2.75) is 12.5 Å². The lowest BCUT2D eigenvalue weighted by atomic mass is 9.84. The van der Waals surface area contributed by atoms with Crippen LogP contribution in [-0.2, 0) is 6.54 Å². The predicted octanol–water partition coefficient (Wildman–Crippen LogP) is 5.05. The summed E-state index contributed by atoms with van der Waals surface area (Å²) in [4.78, 5) is 7.67. The maximum Gasteiger partial charge on any atom is 0.0934 e. The fraction of sp³-hybridized carbons (Fsp3) is 0.190. The average Bonchev–Trinajstić information content (AvgIpc) is 3.04. The third kappa shape index (κ3) is 3.48. The highest BCUT2D eigenvalue weighted by atomic mass is 35.5. The summed E-state index contributed by atoms with van der Waals surface area (Å²) >= 11 is 7.98. The lowest BCUT2D eigenvalue weighted by Gasteiger charge is -2.35. The summed E-state index contributed by atoms with van der Waals surface area (Å²) in [5.41, 5.74) is 11.3. The number of thiophene rings is 1. The van der Waals surface area contributed by atoms with Gasteiger partial charge in [-0.05, 0) is 28.8 Å². The van der Waals surface area contributed by atoms with Crippen molar-refractivity contribution in [1.82, 2.24) is 4.90 Å². The quantitative estimate of drug-likeness (QED) is 0.579. The first kappa shape index (κ1) is 18.5. The molecule has 0 spiro atoms. The fourth-order valence-corrected chi connectivity index (χ4v) is 4.76. The van der Waals surface area contributed by atoms with Gasteiger partial charge < -0.3 is 10.6 Å². The highest BCUT2D eigenvalue weighted by Gasteiger charge is 2.30. The molecule has 3 nitrogen and oxygen atoms in total. The third-order valence-electron chi connectivity index (χ3n) is 4.66. The van der Waals surface area contributed by atoms with E-state index in [1.54, 1.807) is 36.9 Å². The monoisotopic (exact) mass is 383 g/mol. The standard InChI is InChI=1S/C21H22ClN3S/c1-4-14(2)25-12-19(18-9-21(22)26-20(18)13-25)17-8-6-5-7-16(17)15(10-23)11-24-3/h4-11,19H,1-2,12-13,23H2,3H3/b15-10+,24-11?. The van der Waals surface area contributed by atoms with E-state index in [4.69, 9.17) is 17.3 Å². The van der Waals surface area contributed by atoms with E-state index >= 15 is 0 Å². The van der Waals surface area contributed by atoms with Gasteiger partial charge in [-0.2, -0.15) is 0 Å². The van der Waals surface area contributed by atoms with E-state index in [9.17, 15) is 0 Å². The minimum Gasteiger partial charge on any atom is -0.404 e. The van der Waals surface area contributed by atoms with Crippen LogP contribution in [-0.4, -0.2) is 24.7 Å². The van der Waals surface area contributed by atoms with Crippen LogP contribution in [0.3, 0.4) is 0 Å². The van der Waals surface area contributed by atoms with E-state index in [2.05, 4.69) is 47.3 Å². The van der Waals surface area contributed by atoms with Crippen LogP contribution in [0.15, 0.2) is 66.5 Å². The van der Waals surface area contributed by atoms with Crippen molar-refractivity contribution in [2.24, 2.45) is 10.7 Å². The first-order valence-electron chi connectivity index (χ1n) is 8.36. The van der Waals surface area contributed by atoms with E-state index in [1.807, 2.05) is 6.07 Å². The molecule has 0 fully saturated rings. The Bertz CT molecular complexity index is 894. The van der Waals surface area contributed by atoms with E-state index < -0.39 is 0 Å². The molecule has 0 saturated heterocycles. The first-order valence-corrected chi connectivity index (χ1v) is 9.56. The maximum absolute atomic E-state index is 6.35.